The highest BCUT2D eigenvalue weighted by atomic mass is 28.4. The van der Waals surface area contributed by atoms with Gasteiger partial charge >= 0.3 is 5.69 Å². The number of hydrogen-bond donors (Lipinski definition) is 2. The Morgan fingerprint density at radius 2 is 1.51 bits per heavy atom. The zero-order valence-electron chi connectivity index (χ0n) is 20.1. The Hall–Kier alpha value is -3.40. The normalized spacial score (nSPS) is 13.7. The quantitative estimate of drug-likeness (QED) is 0.214. The van der Waals surface area contributed by atoms with Gasteiger partial charge in [0, 0.05) is 6.07 Å². The molecule has 0 saturated heterocycles. The van der Waals surface area contributed by atoms with Gasteiger partial charge in [0.2, 0.25) is 5.82 Å². The lowest BCUT2D eigenvalue weighted by Gasteiger charge is -2.45. The highest BCUT2D eigenvalue weighted by molar-refractivity contribution is 6.99. The molecular formula is C26H29FN2O5Si. The predicted octanol–water partition coefficient (Wildman–Crippen LogP) is 3.75. The lowest BCUT2D eigenvalue weighted by Crippen LogP contribution is -2.69. The van der Waals surface area contributed by atoms with E-state index in [2.05, 4.69) is 5.32 Å². The first-order valence-corrected chi connectivity index (χ1v) is 13.1. The molecule has 0 bridgehead atoms. The average molecular weight is 497 g/mol. The van der Waals surface area contributed by atoms with Gasteiger partial charge in [-0.15, -0.1) is 0 Å². The highest BCUT2D eigenvalue weighted by Crippen LogP contribution is 2.37. The number of carbonyl (C=O) groups is 1. The summed E-state index contributed by atoms with van der Waals surface area (Å²) in [6.07, 6.45) is -1.44. The number of nitrogens with one attached hydrogen (secondary N) is 1. The monoisotopic (exact) mass is 496 g/mol. The smallest absolute Gasteiger partial charge is 0.305 e. The third-order valence-corrected chi connectivity index (χ3v) is 10.9. The van der Waals surface area contributed by atoms with Crippen molar-refractivity contribution in [3.05, 3.63) is 100 Å². The van der Waals surface area contributed by atoms with Crippen LogP contribution in [0, 0.1) is 15.9 Å². The molecule has 3 rings (SSSR count). The lowest BCUT2D eigenvalue weighted by atomic mass is 10.1. The summed E-state index contributed by atoms with van der Waals surface area (Å²) >= 11 is 0. The first-order valence-electron chi connectivity index (χ1n) is 11.2. The van der Waals surface area contributed by atoms with E-state index in [1.165, 1.54) is 13.0 Å². The molecule has 0 aromatic heterocycles. The number of hydrogen-bond acceptors (Lipinski definition) is 5. The fraction of sp³-hybridized carbons (Fsp3) is 0.269. The first kappa shape index (κ1) is 26.2. The summed E-state index contributed by atoms with van der Waals surface area (Å²) < 4.78 is 21.0. The molecule has 7 nitrogen and oxygen atoms in total. The fourth-order valence-corrected chi connectivity index (χ4v) is 8.75. The maximum Gasteiger partial charge on any atom is 0.305 e. The second kappa shape index (κ2) is 10.5. The number of nitro groups is 1. The second-order valence-corrected chi connectivity index (χ2v) is 13.6. The Kier molecular flexibility index (Phi) is 7.84. The highest BCUT2D eigenvalue weighted by Gasteiger charge is 2.52. The van der Waals surface area contributed by atoms with Gasteiger partial charge in [-0.3, -0.25) is 14.9 Å². The van der Waals surface area contributed by atoms with Crippen LogP contribution in [0.15, 0.2) is 78.9 Å². The molecule has 0 fully saturated rings. The molecule has 9 heteroatoms. The average Bonchev–Trinajstić information content (AvgIpc) is 2.82. The van der Waals surface area contributed by atoms with Gasteiger partial charge in [-0.2, -0.15) is 4.39 Å². The second-order valence-electron chi connectivity index (χ2n) is 9.33. The number of nitro benzene ring substituents is 1. The van der Waals surface area contributed by atoms with E-state index < -0.39 is 53.6 Å². The van der Waals surface area contributed by atoms with Crippen molar-refractivity contribution in [1.29, 1.82) is 0 Å². The SMILES string of the molecule is C[C@H](NC(=O)c1cccc([N+](=O)[O-])c1F)[C@@H](O)O[Si](c1ccccc1)(c1ccccc1)C(C)(C)C. The molecule has 0 radical (unpaired) electrons. The molecule has 0 aliphatic heterocycles. The number of amides is 1. The third kappa shape index (κ3) is 5.32. The van der Waals surface area contributed by atoms with Crippen molar-refractivity contribution in [1.82, 2.24) is 5.32 Å². The van der Waals surface area contributed by atoms with E-state index >= 15 is 0 Å². The summed E-state index contributed by atoms with van der Waals surface area (Å²) in [5, 5.41) is 26.2. The fourth-order valence-electron chi connectivity index (χ4n) is 4.17. The zero-order valence-corrected chi connectivity index (χ0v) is 21.1. The predicted molar refractivity (Wildman–Crippen MR) is 135 cm³/mol. The third-order valence-electron chi connectivity index (χ3n) is 5.92. The van der Waals surface area contributed by atoms with E-state index in [9.17, 15) is 24.4 Å². The van der Waals surface area contributed by atoms with Crippen molar-refractivity contribution >= 4 is 30.3 Å². The maximum atomic E-state index is 14.5. The Labute approximate surface area is 204 Å². The van der Waals surface area contributed by atoms with Crippen molar-refractivity contribution < 1.29 is 23.6 Å². The van der Waals surface area contributed by atoms with Crippen LogP contribution < -0.4 is 15.7 Å². The molecule has 0 aliphatic carbocycles. The Morgan fingerprint density at radius 3 is 1.97 bits per heavy atom. The minimum atomic E-state index is -3.10. The van der Waals surface area contributed by atoms with Gasteiger partial charge in [0.15, 0.2) is 6.29 Å². The van der Waals surface area contributed by atoms with Gasteiger partial charge in [0.05, 0.1) is 16.5 Å². The Bertz CT molecular complexity index is 1150. The summed E-state index contributed by atoms with van der Waals surface area (Å²) in [5.41, 5.74) is -1.28. The molecule has 2 atom stereocenters. The van der Waals surface area contributed by atoms with E-state index in [1.54, 1.807) is 0 Å². The zero-order chi connectivity index (χ0) is 25.8. The van der Waals surface area contributed by atoms with Gasteiger partial charge in [0.25, 0.3) is 14.2 Å². The number of halogens is 1. The standard InChI is InChI=1S/C26H29FN2O5Si/c1-18(28-24(30)21-16-11-17-22(23(21)27)29(32)33)25(31)34-35(26(2,3)4,19-12-7-5-8-13-19)20-14-9-6-10-15-20/h5-18,25,31H,1-4H3,(H,28,30)/t18-,25-/m0/s1. The minimum Gasteiger partial charge on any atom is -0.381 e. The van der Waals surface area contributed by atoms with Crippen molar-refractivity contribution in [3.63, 3.8) is 0 Å². The summed E-state index contributed by atoms with van der Waals surface area (Å²) in [5.74, 6) is -2.12. The summed E-state index contributed by atoms with van der Waals surface area (Å²) in [6, 6.07) is 21.8. The molecule has 3 aromatic carbocycles. The number of nitrogens with zero attached hydrogens (tertiary/aromatic N) is 1. The van der Waals surface area contributed by atoms with Crippen LogP contribution in [0.4, 0.5) is 10.1 Å². The largest absolute Gasteiger partial charge is 0.381 e. The number of aliphatic hydroxyl groups is 1. The summed E-state index contributed by atoms with van der Waals surface area (Å²) in [7, 11) is -3.10. The van der Waals surface area contributed by atoms with Gasteiger partial charge < -0.3 is 14.8 Å². The number of carbonyl (C=O) groups excluding carboxylic acids is 1. The number of rotatable bonds is 8. The molecule has 0 saturated carbocycles. The molecule has 2 N–H and O–H groups in total. The van der Waals surface area contributed by atoms with Crippen LogP contribution in [0.5, 0.6) is 0 Å². The topological polar surface area (TPSA) is 102 Å². The number of benzene rings is 3. The van der Waals surface area contributed by atoms with Crippen molar-refractivity contribution in [3.8, 4) is 0 Å². The van der Waals surface area contributed by atoms with Gasteiger partial charge in [0.1, 0.15) is 0 Å². The maximum absolute atomic E-state index is 14.5. The van der Waals surface area contributed by atoms with Crippen molar-refractivity contribution in [2.45, 2.75) is 45.1 Å². The van der Waals surface area contributed by atoms with E-state index in [4.69, 9.17) is 4.43 Å². The first-order chi connectivity index (χ1) is 16.5. The summed E-state index contributed by atoms with van der Waals surface area (Å²) in [6.45, 7) is 7.69. The Morgan fingerprint density at radius 1 is 1.00 bits per heavy atom. The van der Waals surface area contributed by atoms with Crippen molar-refractivity contribution in [2.75, 3.05) is 0 Å². The van der Waals surface area contributed by atoms with Gasteiger partial charge in [-0.05, 0) is 28.4 Å². The van der Waals surface area contributed by atoms with Crippen LogP contribution in [0.25, 0.3) is 0 Å². The number of aliphatic hydroxyl groups excluding tert-OH is 1. The summed E-state index contributed by atoms with van der Waals surface area (Å²) in [4.78, 5) is 22.9. The molecule has 3 aromatic rings. The molecule has 35 heavy (non-hydrogen) atoms. The van der Waals surface area contributed by atoms with Crippen LogP contribution in [0.3, 0.4) is 0 Å². The van der Waals surface area contributed by atoms with Gasteiger partial charge in [-0.25, -0.2) is 0 Å². The molecular weight excluding hydrogens is 467 g/mol. The van der Waals surface area contributed by atoms with Crippen molar-refractivity contribution in [2.24, 2.45) is 0 Å². The van der Waals surface area contributed by atoms with Crippen LogP contribution in [0.1, 0.15) is 38.1 Å². The van der Waals surface area contributed by atoms with E-state index in [1.807, 2.05) is 81.4 Å². The molecule has 0 aliphatic rings. The Balaban J connectivity index is 1.95. The van der Waals surface area contributed by atoms with E-state index in [0.29, 0.717) is 0 Å². The van der Waals surface area contributed by atoms with Crippen LogP contribution >= 0.6 is 0 Å². The molecule has 1 amide bonds. The minimum absolute atomic E-state index is 0.410. The van der Waals surface area contributed by atoms with Crippen LogP contribution in [-0.4, -0.2) is 36.6 Å². The molecule has 0 unspecified atom stereocenters. The molecule has 0 heterocycles. The van der Waals surface area contributed by atoms with E-state index in [-0.39, 0.29) is 0 Å². The molecule has 184 valence electrons. The van der Waals surface area contributed by atoms with Crippen LogP contribution in [0.2, 0.25) is 5.04 Å². The van der Waals surface area contributed by atoms with Gasteiger partial charge in [-0.1, -0.05) is 87.5 Å². The van der Waals surface area contributed by atoms with Crippen LogP contribution in [-0.2, 0) is 4.43 Å². The lowest BCUT2D eigenvalue weighted by molar-refractivity contribution is -0.387. The van der Waals surface area contributed by atoms with E-state index in [0.717, 1.165) is 22.5 Å². The molecule has 0 spiro atoms.